The van der Waals surface area contributed by atoms with Crippen LogP contribution in [0.15, 0.2) is 201 Å². The number of thiophene rings is 1. The van der Waals surface area contributed by atoms with Crippen molar-refractivity contribution in [3.05, 3.63) is 211 Å². The molecule has 316 valence electrons. The molecule has 0 unspecified atom stereocenters. The molecule has 0 bridgehead atoms. The summed E-state index contributed by atoms with van der Waals surface area (Å²) >= 11 is 3.49. The monoisotopic (exact) mass is 894 g/mol. The first-order valence-electron chi connectivity index (χ1n) is 22.3. The molecular formula is C59H38N6S2. The summed E-state index contributed by atoms with van der Waals surface area (Å²) in [6.45, 7) is 6.10. The summed E-state index contributed by atoms with van der Waals surface area (Å²) in [5.74, 6) is 1.73. The molecule has 0 aliphatic carbocycles. The maximum absolute atomic E-state index is 5.46. The van der Waals surface area contributed by atoms with Crippen molar-refractivity contribution in [1.82, 2.24) is 29.1 Å². The maximum Gasteiger partial charge on any atom is 0.238 e. The Balaban J connectivity index is 1.06. The number of aryl methyl sites for hydroxylation is 1. The van der Waals surface area contributed by atoms with Crippen LogP contribution in [0.5, 0.6) is 0 Å². The molecule has 5 aromatic heterocycles. The van der Waals surface area contributed by atoms with Gasteiger partial charge in [-0.25, -0.2) is 9.97 Å². The fraction of sp³-hybridized carbons (Fsp3) is 0.0169. The molecule has 8 aromatic carbocycles. The van der Waals surface area contributed by atoms with Crippen LogP contribution in [0, 0.1) is 6.92 Å². The van der Waals surface area contributed by atoms with Crippen molar-refractivity contribution in [2.75, 3.05) is 0 Å². The van der Waals surface area contributed by atoms with Crippen molar-refractivity contribution in [1.29, 1.82) is 0 Å². The summed E-state index contributed by atoms with van der Waals surface area (Å²) in [5.41, 5.74) is 12.8. The summed E-state index contributed by atoms with van der Waals surface area (Å²) in [5, 5.41) is 6.79. The molecule has 0 atom stereocenters. The SMILES string of the molecule is C=C/C=C\c1sc2c(-c3ccc(-n4c5ccccc5c5ccc6c7ccccc7n(-c7nc(-c8ccccc8)nc(-c8cccc9nc(-c%10ccccc%10)sc89)n7)c6c54)cc3)cccc2c1C. The Hall–Kier alpha value is -8.30. The third-order valence-corrected chi connectivity index (χ3v) is 15.3. The molecule has 8 heteroatoms. The summed E-state index contributed by atoms with van der Waals surface area (Å²) in [4.78, 5) is 22.4. The molecule has 6 nitrogen and oxygen atoms in total. The molecule has 0 saturated carbocycles. The minimum absolute atomic E-state index is 0.543. The summed E-state index contributed by atoms with van der Waals surface area (Å²) in [7, 11) is 0. The van der Waals surface area contributed by atoms with Gasteiger partial charge in [-0.3, -0.25) is 4.57 Å². The predicted molar refractivity (Wildman–Crippen MR) is 283 cm³/mol. The Kier molecular flexibility index (Phi) is 9.16. The van der Waals surface area contributed by atoms with Gasteiger partial charge in [-0.2, -0.15) is 9.97 Å². The van der Waals surface area contributed by atoms with E-state index in [1.165, 1.54) is 37.0 Å². The van der Waals surface area contributed by atoms with E-state index >= 15 is 0 Å². The average molecular weight is 895 g/mol. The second kappa shape index (κ2) is 15.7. The molecule has 0 saturated heterocycles. The van der Waals surface area contributed by atoms with E-state index in [9.17, 15) is 0 Å². The molecule has 67 heavy (non-hydrogen) atoms. The minimum atomic E-state index is 0.543. The minimum Gasteiger partial charge on any atom is -0.307 e. The molecule has 0 aliphatic heterocycles. The second-order valence-electron chi connectivity index (χ2n) is 16.7. The van der Waals surface area contributed by atoms with Crippen LogP contribution in [0.25, 0.3) is 126 Å². The summed E-state index contributed by atoms with van der Waals surface area (Å²) < 4.78 is 6.99. The van der Waals surface area contributed by atoms with Crippen LogP contribution in [0.4, 0.5) is 0 Å². The first-order chi connectivity index (χ1) is 33.1. The maximum atomic E-state index is 5.46. The highest BCUT2D eigenvalue weighted by Gasteiger charge is 2.24. The highest BCUT2D eigenvalue weighted by atomic mass is 32.1. The number of nitrogens with zero attached hydrogens (tertiary/aromatic N) is 6. The lowest BCUT2D eigenvalue weighted by Crippen LogP contribution is -2.07. The fourth-order valence-electron chi connectivity index (χ4n) is 9.70. The van der Waals surface area contributed by atoms with Gasteiger partial charge >= 0.3 is 0 Å². The normalized spacial score (nSPS) is 12.0. The number of fused-ring (bicyclic) bond motifs is 9. The predicted octanol–water partition coefficient (Wildman–Crippen LogP) is 16.1. The second-order valence-corrected chi connectivity index (χ2v) is 18.7. The van der Waals surface area contributed by atoms with Gasteiger partial charge in [0.2, 0.25) is 5.95 Å². The van der Waals surface area contributed by atoms with E-state index in [-0.39, 0.29) is 0 Å². The smallest absolute Gasteiger partial charge is 0.238 e. The van der Waals surface area contributed by atoms with Gasteiger partial charge in [0.1, 0.15) is 5.01 Å². The number of allylic oxidation sites excluding steroid dienone is 2. The van der Waals surface area contributed by atoms with E-state index in [0.717, 1.165) is 75.8 Å². The van der Waals surface area contributed by atoms with Crippen molar-refractivity contribution < 1.29 is 0 Å². The largest absolute Gasteiger partial charge is 0.307 e. The zero-order valence-corrected chi connectivity index (χ0v) is 37.9. The number of rotatable bonds is 8. The summed E-state index contributed by atoms with van der Waals surface area (Å²) in [6, 6.07) is 64.3. The molecule has 0 N–H and O–H groups in total. The van der Waals surface area contributed by atoms with Crippen LogP contribution in [-0.4, -0.2) is 29.1 Å². The van der Waals surface area contributed by atoms with Crippen molar-refractivity contribution in [2.24, 2.45) is 0 Å². The Morgan fingerprint density at radius 2 is 1.07 bits per heavy atom. The Bertz CT molecular complexity index is 4120. The van der Waals surface area contributed by atoms with E-state index in [0.29, 0.717) is 17.6 Å². The van der Waals surface area contributed by atoms with Crippen molar-refractivity contribution in [3.63, 3.8) is 0 Å². The average Bonchev–Trinajstić information content (AvgIpc) is 4.15. The Morgan fingerprint density at radius 1 is 0.463 bits per heavy atom. The van der Waals surface area contributed by atoms with Gasteiger partial charge in [0.15, 0.2) is 11.6 Å². The van der Waals surface area contributed by atoms with Crippen LogP contribution in [-0.2, 0) is 0 Å². The number of aromatic nitrogens is 6. The van der Waals surface area contributed by atoms with E-state index in [1.54, 1.807) is 11.3 Å². The van der Waals surface area contributed by atoms with E-state index in [2.05, 4.69) is 180 Å². The van der Waals surface area contributed by atoms with Gasteiger partial charge in [-0.1, -0.05) is 164 Å². The molecule has 0 fully saturated rings. The van der Waals surface area contributed by atoms with Gasteiger partial charge in [-0.15, -0.1) is 22.7 Å². The molecule has 5 heterocycles. The highest BCUT2D eigenvalue weighted by molar-refractivity contribution is 7.22. The third kappa shape index (κ3) is 6.29. The molecule has 0 aliphatic rings. The zero-order valence-electron chi connectivity index (χ0n) is 36.3. The number of para-hydroxylation sites is 2. The molecule has 0 amide bonds. The molecule has 13 aromatic rings. The van der Waals surface area contributed by atoms with Crippen molar-refractivity contribution in [3.8, 4) is 56.1 Å². The quantitative estimate of drug-likeness (QED) is 0.143. The highest BCUT2D eigenvalue weighted by Crippen LogP contribution is 2.44. The van der Waals surface area contributed by atoms with Crippen LogP contribution in [0.1, 0.15) is 10.4 Å². The standard InChI is InChI=1S/C59H38N6S2/c1-3-4-29-51-36(2)41-23-15-24-42(54(41)66-51)37-30-32-40(33-31-37)64-49-27-13-11-21-43(49)45-34-35-46-44-22-12-14-28-50(44)65(53(46)52(45)64)59-62-56(38-17-7-5-8-18-38)61-57(63-59)47-25-16-26-48-55(47)67-58(60-48)39-19-9-6-10-20-39/h3-35H,1H2,2H3/b29-4-. The number of hydrogen-bond donors (Lipinski definition) is 0. The topological polar surface area (TPSA) is 61.4 Å². The van der Waals surface area contributed by atoms with Crippen molar-refractivity contribution >= 4 is 92.7 Å². The van der Waals surface area contributed by atoms with Gasteiger partial charge in [0.25, 0.3) is 0 Å². The van der Waals surface area contributed by atoms with Crippen LogP contribution in [0.3, 0.4) is 0 Å². The van der Waals surface area contributed by atoms with Gasteiger partial charge in [0, 0.05) is 53.5 Å². The first kappa shape index (κ1) is 39.1. The van der Waals surface area contributed by atoms with Gasteiger partial charge in [0.05, 0.1) is 32.3 Å². The number of thiazole rings is 1. The lowest BCUT2D eigenvalue weighted by atomic mass is 10.0. The van der Waals surface area contributed by atoms with E-state index in [1.807, 2.05) is 53.8 Å². The number of hydrogen-bond acceptors (Lipinski definition) is 6. The first-order valence-corrected chi connectivity index (χ1v) is 23.9. The lowest BCUT2D eigenvalue weighted by molar-refractivity contribution is 0.954. The summed E-state index contributed by atoms with van der Waals surface area (Å²) in [6.07, 6.45) is 6.01. The lowest BCUT2D eigenvalue weighted by Gasteiger charge is -2.14. The van der Waals surface area contributed by atoms with Gasteiger partial charge < -0.3 is 4.57 Å². The van der Waals surface area contributed by atoms with Crippen molar-refractivity contribution in [2.45, 2.75) is 6.92 Å². The van der Waals surface area contributed by atoms with E-state index in [4.69, 9.17) is 19.9 Å². The van der Waals surface area contributed by atoms with Gasteiger partial charge in [-0.05, 0) is 71.5 Å². The zero-order chi connectivity index (χ0) is 44.6. The van der Waals surface area contributed by atoms with Crippen LogP contribution in [0.2, 0.25) is 0 Å². The Morgan fingerprint density at radius 3 is 1.81 bits per heavy atom. The molecule has 13 rings (SSSR count). The molecule has 0 spiro atoms. The third-order valence-electron chi connectivity index (χ3n) is 12.8. The van der Waals surface area contributed by atoms with E-state index < -0.39 is 0 Å². The van der Waals surface area contributed by atoms with Crippen LogP contribution < -0.4 is 0 Å². The molecule has 0 radical (unpaired) electrons. The molecular weight excluding hydrogens is 857 g/mol. The fourth-order valence-corrected chi connectivity index (χ4v) is 12.0. The Labute approximate surface area is 393 Å². The number of benzene rings is 8. The van der Waals surface area contributed by atoms with Crippen LogP contribution >= 0.6 is 22.7 Å².